The summed E-state index contributed by atoms with van der Waals surface area (Å²) in [6.07, 6.45) is 1.73. The lowest BCUT2D eigenvalue weighted by Gasteiger charge is -2.11. The van der Waals surface area contributed by atoms with Gasteiger partial charge in [-0.2, -0.15) is 0 Å². The van der Waals surface area contributed by atoms with Crippen LogP contribution >= 0.6 is 11.8 Å². The Kier molecular flexibility index (Phi) is 2.94. The van der Waals surface area contributed by atoms with Crippen molar-refractivity contribution < 1.29 is 9.53 Å². The third kappa shape index (κ3) is 2.08. The molecule has 0 spiro atoms. The van der Waals surface area contributed by atoms with Gasteiger partial charge in [0.05, 0.1) is 12.4 Å². The minimum Gasteiger partial charge on any atom is -0.464 e. The normalized spacial score (nSPS) is 17.2. The number of para-hydroxylation sites is 1. The number of nitrogens with zero attached hydrogens (tertiary/aromatic N) is 2. The number of nitrogen functional groups attached to an aromatic ring is 1. The molecule has 0 fully saturated rings. The summed E-state index contributed by atoms with van der Waals surface area (Å²) in [4.78, 5) is 15.7. The van der Waals surface area contributed by atoms with Crippen LogP contribution in [-0.4, -0.2) is 22.6 Å². The number of rotatable bonds is 2. The summed E-state index contributed by atoms with van der Waals surface area (Å²) in [7, 11) is 1.35. The van der Waals surface area contributed by atoms with Gasteiger partial charge in [-0.3, -0.25) is 0 Å². The number of benzene rings is 1. The van der Waals surface area contributed by atoms with Crippen LogP contribution in [0.5, 0.6) is 0 Å². The number of hydrogen-bond donors (Lipinski definition) is 1. The molecule has 1 unspecified atom stereocenters. The first kappa shape index (κ1) is 12.1. The van der Waals surface area contributed by atoms with Gasteiger partial charge in [-0.05, 0) is 11.6 Å². The number of thioether (sulfide) groups is 1. The van der Waals surface area contributed by atoms with Crippen molar-refractivity contribution >= 4 is 23.4 Å². The van der Waals surface area contributed by atoms with E-state index in [0.717, 1.165) is 23.0 Å². The van der Waals surface area contributed by atoms with Gasteiger partial charge in [0.1, 0.15) is 0 Å². The van der Waals surface area contributed by atoms with Crippen LogP contribution in [0.2, 0.25) is 0 Å². The molecule has 2 aromatic rings. The molecule has 0 saturated heterocycles. The maximum atomic E-state index is 11.4. The van der Waals surface area contributed by atoms with Crippen LogP contribution in [0.15, 0.2) is 35.6 Å². The summed E-state index contributed by atoms with van der Waals surface area (Å²) >= 11 is 1.62. The Bertz CT molecular complexity index is 615. The second-order valence-corrected chi connectivity index (χ2v) is 5.46. The van der Waals surface area contributed by atoms with E-state index in [4.69, 9.17) is 5.73 Å². The number of methoxy groups -OCH3 is 1. The lowest BCUT2D eigenvalue weighted by Crippen LogP contribution is -2.04. The topological polar surface area (TPSA) is 70.1 Å². The molecule has 1 atom stereocenters. The Balaban J connectivity index is 1.84. The molecule has 19 heavy (non-hydrogen) atoms. The van der Waals surface area contributed by atoms with Crippen LogP contribution in [0, 0.1) is 0 Å². The van der Waals surface area contributed by atoms with Gasteiger partial charge in [-0.15, -0.1) is 0 Å². The summed E-state index contributed by atoms with van der Waals surface area (Å²) in [6, 6.07) is 7.83. The van der Waals surface area contributed by atoms with E-state index >= 15 is 0 Å². The van der Waals surface area contributed by atoms with Crippen LogP contribution in [0.25, 0.3) is 0 Å². The van der Waals surface area contributed by atoms with Crippen molar-refractivity contribution in [1.29, 1.82) is 0 Å². The zero-order valence-electron chi connectivity index (χ0n) is 10.4. The van der Waals surface area contributed by atoms with Gasteiger partial charge in [0.25, 0.3) is 0 Å². The monoisotopic (exact) mass is 275 g/mol. The van der Waals surface area contributed by atoms with Crippen LogP contribution in [0.3, 0.4) is 0 Å². The molecule has 6 heteroatoms. The molecule has 1 aromatic heterocycles. The Morgan fingerprint density at radius 3 is 3.00 bits per heavy atom. The fraction of sp³-hybridized carbons (Fsp3) is 0.231. The Morgan fingerprint density at radius 2 is 2.32 bits per heavy atom. The highest BCUT2D eigenvalue weighted by Crippen LogP contribution is 2.43. The van der Waals surface area contributed by atoms with Gasteiger partial charge < -0.3 is 15.0 Å². The molecule has 0 bridgehead atoms. The maximum Gasteiger partial charge on any atom is 0.358 e. The summed E-state index contributed by atoms with van der Waals surface area (Å²) in [5, 5.41) is 1.07. The third-order valence-corrected chi connectivity index (χ3v) is 4.31. The van der Waals surface area contributed by atoms with E-state index in [-0.39, 0.29) is 5.25 Å². The van der Waals surface area contributed by atoms with Crippen molar-refractivity contribution in [3.8, 4) is 0 Å². The SMILES string of the molecule is COC(=O)c1cn2c(n1)SC(c1ccccc1N)C2. The number of hydrogen-bond acceptors (Lipinski definition) is 5. The Morgan fingerprint density at radius 1 is 1.53 bits per heavy atom. The van der Waals surface area contributed by atoms with E-state index in [2.05, 4.69) is 9.72 Å². The molecule has 0 radical (unpaired) electrons. The molecule has 5 nitrogen and oxygen atoms in total. The van der Waals surface area contributed by atoms with Crippen molar-refractivity contribution in [1.82, 2.24) is 9.55 Å². The van der Waals surface area contributed by atoms with E-state index in [0.29, 0.717) is 5.69 Å². The van der Waals surface area contributed by atoms with Crippen LogP contribution in [0.4, 0.5) is 5.69 Å². The molecule has 1 aromatic carbocycles. The molecular weight excluding hydrogens is 262 g/mol. The second-order valence-electron chi connectivity index (χ2n) is 4.29. The van der Waals surface area contributed by atoms with Crippen molar-refractivity contribution in [3.63, 3.8) is 0 Å². The smallest absolute Gasteiger partial charge is 0.358 e. The van der Waals surface area contributed by atoms with Crippen molar-refractivity contribution in [2.24, 2.45) is 0 Å². The van der Waals surface area contributed by atoms with Crippen LogP contribution in [-0.2, 0) is 11.3 Å². The molecule has 98 valence electrons. The minimum atomic E-state index is -0.404. The molecule has 0 aliphatic carbocycles. The lowest BCUT2D eigenvalue weighted by atomic mass is 10.1. The van der Waals surface area contributed by atoms with Gasteiger partial charge in [-0.1, -0.05) is 30.0 Å². The van der Waals surface area contributed by atoms with Crippen molar-refractivity contribution in [2.75, 3.05) is 12.8 Å². The fourth-order valence-electron chi connectivity index (χ4n) is 2.14. The quantitative estimate of drug-likeness (QED) is 0.671. The summed E-state index contributed by atoms with van der Waals surface area (Å²) in [5.41, 5.74) is 8.24. The first-order valence-corrected chi connectivity index (χ1v) is 6.73. The van der Waals surface area contributed by atoms with E-state index < -0.39 is 5.97 Å². The lowest BCUT2D eigenvalue weighted by molar-refractivity contribution is 0.0594. The molecule has 2 N–H and O–H groups in total. The average Bonchev–Trinajstić information content (AvgIpc) is 2.96. The highest BCUT2D eigenvalue weighted by atomic mass is 32.2. The number of anilines is 1. The van der Waals surface area contributed by atoms with E-state index in [1.165, 1.54) is 7.11 Å². The number of aromatic nitrogens is 2. The summed E-state index contributed by atoms with van der Waals surface area (Å²) in [6.45, 7) is 0.762. The van der Waals surface area contributed by atoms with Crippen LogP contribution < -0.4 is 5.73 Å². The first-order valence-electron chi connectivity index (χ1n) is 5.85. The molecule has 3 rings (SSSR count). The van der Waals surface area contributed by atoms with Gasteiger partial charge in [0.15, 0.2) is 10.9 Å². The highest BCUT2D eigenvalue weighted by Gasteiger charge is 2.28. The summed E-state index contributed by atoms with van der Waals surface area (Å²) in [5.74, 6) is -0.404. The summed E-state index contributed by atoms with van der Waals surface area (Å²) < 4.78 is 6.63. The standard InChI is InChI=1S/C13H13N3O2S/c1-18-12(17)10-6-16-7-11(19-13(16)15-10)8-4-2-3-5-9(8)14/h2-6,11H,7,14H2,1H3. The minimum absolute atomic E-state index is 0.246. The predicted octanol–water partition coefficient (Wildman–Crippen LogP) is 2.10. The Labute approximate surface area is 114 Å². The fourth-order valence-corrected chi connectivity index (χ4v) is 3.38. The van der Waals surface area contributed by atoms with Gasteiger partial charge in [-0.25, -0.2) is 9.78 Å². The number of imidazole rings is 1. The molecule has 0 saturated carbocycles. The van der Waals surface area contributed by atoms with E-state index in [9.17, 15) is 4.79 Å². The largest absolute Gasteiger partial charge is 0.464 e. The van der Waals surface area contributed by atoms with Crippen LogP contribution in [0.1, 0.15) is 21.3 Å². The molecule has 1 aliphatic heterocycles. The number of ether oxygens (including phenoxy) is 1. The zero-order valence-corrected chi connectivity index (χ0v) is 11.2. The highest BCUT2D eigenvalue weighted by molar-refractivity contribution is 7.99. The van der Waals surface area contributed by atoms with Gasteiger partial charge in [0, 0.05) is 18.4 Å². The van der Waals surface area contributed by atoms with E-state index in [1.54, 1.807) is 18.0 Å². The molecule has 2 heterocycles. The van der Waals surface area contributed by atoms with E-state index in [1.807, 2.05) is 28.8 Å². The Hall–Kier alpha value is -1.95. The maximum absolute atomic E-state index is 11.4. The number of carbonyl (C=O) groups excluding carboxylic acids is 1. The first-order chi connectivity index (χ1) is 9.19. The number of nitrogens with two attached hydrogens (primary N) is 1. The van der Waals surface area contributed by atoms with Gasteiger partial charge in [0.2, 0.25) is 0 Å². The molecule has 1 aliphatic rings. The number of fused-ring (bicyclic) bond motifs is 1. The van der Waals surface area contributed by atoms with Crippen molar-refractivity contribution in [2.45, 2.75) is 17.0 Å². The zero-order chi connectivity index (χ0) is 13.4. The number of esters is 1. The average molecular weight is 275 g/mol. The predicted molar refractivity (Wildman–Crippen MR) is 73.0 cm³/mol. The second kappa shape index (κ2) is 4.62. The number of carbonyl (C=O) groups is 1. The molecule has 0 amide bonds. The van der Waals surface area contributed by atoms with Crippen molar-refractivity contribution in [3.05, 3.63) is 41.7 Å². The van der Waals surface area contributed by atoms with Gasteiger partial charge >= 0.3 is 5.97 Å². The third-order valence-electron chi connectivity index (χ3n) is 3.09. The molecular formula is C13H13N3O2S.